The van der Waals surface area contributed by atoms with Crippen LogP contribution in [0.25, 0.3) is 11.3 Å². The highest BCUT2D eigenvalue weighted by Gasteiger charge is 2.19. The lowest BCUT2D eigenvalue weighted by molar-refractivity contribution is 0.0375. The van der Waals surface area contributed by atoms with Gasteiger partial charge in [0.05, 0.1) is 11.8 Å². The predicted octanol–water partition coefficient (Wildman–Crippen LogP) is 4.04. The number of anilines is 1. The molecule has 35 heavy (non-hydrogen) atoms. The van der Waals surface area contributed by atoms with Gasteiger partial charge in [-0.15, -0.1) is 0 Å². The van der Waals surface area contributed by atoms with E-state index in [9.17, 15) is 9.18 Å². The van der Waals surface area contributed by atoms with Crippen molar-refractivity contribution in [2.24, 2.45) is 7.05 Å². The number of likely N-dealkylation sites (tertiary alicyclic amines) is 1. The van der Waals surface area contributed by atoms with Crippen LogP contribution in [0.1, 0.15) is 18.4 Å². The van der Waals surface area contributed by atoms with Crippen LogP contribution >= 0.6 is 0 Å². The van der Waals surface area contributed by atoms with Crippen LogP contribution in [0, 0.1) is 5.82 Å². The Kier molecular flexibility index (Phi) is 8.33. The number of methoxy groups -OCH3 is 1. The van der Waals surface area contributed by atoms with E-state index in [4.69, 9.17) is 9.47 Å². The summed E-state index contributed by atoms with van der Waals surface area (Å²) in [5.74, 6) is 0.427. The fraction of sp³-hybridized carbons (Fsp3) is 0.385. The number of amides is 2. The van der Waals surface area contributed by atoms with E-state index < -0.39 is 0 Å². The van der Waals surface area contributed by atoms with Gasteiger partial charge in [0.15, 0.2) is 0 Å². The van der Waals surface area contributed by atoms with Gasteiger partial charge in [-0.05, 0) is 54.8 Å². The number of carbonyl (C=O) groups is 1. The molecular weight excluding hydrogens is 449 g/mol. The van der Waals surface area contributed by atoms with Gasteiger partial charge in [0, 0.05) is 57.8 Å². The first kappa shape index (κ1) is 24.7. The molecule has 1 aliphatic rings. The lowest BCUT2D eigenvalue weighted by Gasteiger charge is -2.31. The Balaban J connectivity index is 1.38. The topological polar surface area (TPSA) is 80.7 Å². The van der Waals surface area contributed by atoms with E-state index in [0.717, 1.165) is 55.0 Å². The summed E-state index contributed by atoms with van der Waals surface area (Å²) in [4.78, 5) is 14.8. The molecule has 9 heteroatoms. The summed E-state index contributed by atoms with van der Waals surface area (Å²) in [5, 5.41) is 9.93. The van der Waals surface area contributed by atoms with Gasteiger partial charge in [0.25, 0.3) is 0 Å². The average molecular weight is 482 g/mol. The molecular formula is C26H32FN5O3. The Morgan fingerprint density at radius 2 is 1.91 bits per heavy atom. The molecule has 3 aromatic rings. The number of nitrogens with zero attached hydrogens (tertiary/aromatic N) is 3. The minimum Gasteiger partial charge on any atom is -0.492 e. The Morgan fingerprint density at radius 3 is 2.60 bits per heavy atom. The van der Waals surface area contributed by atoms with Crippen molar-refractivity contribution in [2.45, 2.75) is 25.5 Å². The van der Waals surface area contributed by atoms with Crippen LogP contribution in [-0.2, 0) is 18.3 Å². The summed E-state index contributed by atoms with van der Waals surface area (Å²) in [5.41, 5.74) is 3.18. The van der Waals surface area contributed by atoms with Crippen molar-refractivity contribution >= 4 is 11.7 Å². The van der Waals surface area contributed by atoms with Gasteiger partial charge in [0.1, 0.15) is 18.2 Å². The molecule has 1 fully saturated rings. The smallest absolute Gasteiger partial charge is 0.319 e. The Labute approximate surface area is 205 Å². The second-order valence-electron chi connectivity index (χ2n) is 8.61. The van der Waals surface area contributed by atoms with E-state index in [1.807, 2.05) is 31.3 Å². The fourth-order valence-corrected chi connectivity index (χ4v) is 4.19. The first-order valence-corrected chi connectivity index (χ1v) is 11.8. The van der Waals surface area contributed by atoms with E-state index in [-0.39, 0.29) is 11.8 Å². The summed E-state index contributed by atoms with van der Waals surface area (Å²) in [6.07, 6.45) is 4.17. The zero-order chi connectivity index (χ0) is 24.6. The highest BCUT2D eigenvalue weighted by atomic mass is 19.1. The minimum absolute atomic E-state index is 0.295. The van der Waals surface area contributed by atoms with Gasteiger partial charge >= 0.3 is 6.03 Å². The lowest BCUT2D eigenvalue weighted by atomic mass is 10.1. The van der Waals surface area contributed by atoms with Gasteiger partial charge in [-0.2, -0.15) is 5.10 Å². The predicted molar refractivity (Wildman–Crippen MR) is 133 cm³/mol. The molecule has 1 aliphatic heterocycles. The summed E-state index contributed by atoms with van der Waals surface area (Å²) >= 11 is 0. The molecule has 2 heterocycles. The molecule has 8 nitrogen and oxygen atoms in total. The van der Waals surface area contributed by atoms with E-state index >= 15 is 0 Å². The monoisotopic (exact) mass is 481 g/mol. The van der Waals surface area contributed by atoms with Crippen molar-refractivity contribution in [1.82, 2.24) is 20.0 Å². The summed E-state index contributed by atoms with van der Waals surface area (Å²) in [7, 11) is 3.64. The molecule has 2 amide bonds. The standard InChI is InChI=1S/C26H32FN5O3/c1-31-24(9-12-29-31)23-17-21(30-26(33)28-18-19-3-5-20(27)6-4-19)7-8-25(23)35-16-15-32-13-10-22(34-2)11-14-32/h3-9,12,17,22H,10-11,13-16,18H2,1-2H3,(H2,28,30,33). The number of carbonyl (C=O) groups excluding carboxylic acids is 1. The SMILES string of the molecule is COC1CCN(CCOc2ccc(NC(=O)NCc3ccc(F)cc3)cc2-c2ccnn2C)CC1. The largest absolute Gasteiger partial charge is 0.492 e. The maximum Gasteiger partial charge on any atom is 0.319 e. The zero-order valence-electron chi connectivity index (χ0n) is 20.2. The number of ether oxygens (including phenoxy) is 2. The Morgan fingerprint density at radius 1 is 1.14 bits per heavy atom. The number of urea groups is 1. The van der Waals surface area contributed by atoms with Gasteiger partial charge in [-0.3, -0.25) is 9.58 Å². The van der Waals surface area contributed by atoms with Crippen LogP contribution in [0.15, 0.2) is 54.7 Å². The molecule has 0 atom stereocenters. The van der Waals surface area contributed by atoms with Crippen LogP contribution in [0.3, 0.4) is 0 Å². The van der Waals surface area contributed by atoms with Gasteiger partial charge in [0.2, 0.25) is 0 Å². The van der Waals surface area contributed by atoms with E-state index in [0.29, 0.717) is 24.9 Å². The van der Waals surface area contributed by atoms with Crippen molar-refractivity contribution in [3.8, 4) is 17.0 Å². The van der Waals surface area contributed by atoms with Crippen molar-refractivity contribution in [2.75, 3.05) is 38.7 Å². The highest BCUT2D eigenvalue weighted by Crippen LogP contribution is 2.32. The van der Waals surface area contributed by atoms with Crippen LogP contribution in [0.4, 0.5) is 14.9 Å². The second-order valence-corrected chi connectivity index (χ2v) is 8.61. The maximum absolute atomic E-state index is 13.1. The van der Waals surface area contributed by atoms with Gasteiger partial charge in [-0.25, -0.2) is 9.18 Å². The third kappa shape index (κ3) is 6.80. The van der Waals surface area contributed by atoms with Crippen LogP contribution in [0.5, 0.6) is 5.75 Å². The lowest BCUT2D eigenvalue weighted by Crippen LogP contribution is -2.38. The molecule has 0 aliphatic carbocycles. The molecule has 1 saturated heterocycles. The number of hydrogen-bond acceptors (Lipinski definition) is 5. The van der Waals surface area contributed by atoms with E-state index in [1.165, 1.54) is 12.1 Å². The number of nitrogens with one attached hydrogen (secondary N) is 2. The first-order chi connectivity index (χ1) is 17.0. The molecule has 0 spiro atoms. The molecule has 4 rings (SSSR count). The Hall–Kier alpha value is -3.43. The maximum atomic E-state index is 13.1. The summed E-state index contributed by atoms with van der Waals surface area (Å²) in [6.45, 7) is 3.71. The molecule has 0 radical (unpaired) electrons. The molecule has 2 N–H and O–H groups in total. The summed E-state index contributed by atoms with van der Waals surface area (Å²) in [6, 6.07) is 13.2. The van der Waals surface area contributed by atoms with Gasteiger partial charge < -0.3 is 20.1 Å². The quantitative estimate of drug-likeness (QED) is 0.482. The van der Waals surface area contributed by atoms with Crippen molar-refractivity contribution in [3.63, 3.8) is 0 Å². The van der Waals surface area contributed by atoms with Crippen molar-refractivity contribution < 1.29 is 18.7 Å². The third-order valence-corrected chi connectivity index (χ3v) is 6.23. The zero-order valence-corrected chi connectivity index (χ0v) is 20.2. The molecule has 0 unspecified atom stereocenters. The van der Waals surface area contributed by atoms with Crippen LogP contribution < -0.4 is 15.4 Å². The van der Waals surface area contributed by atoms with Crippen LogP contribution in [0.2, 0.25) is 0 Å². The molecule has 2 aromatic carbocycles. The number of hydrogen-bond donors (Lipinski definition) is 2. The average Bonchev–Trinajstić information content (AvgIpc) is 3.30. The molecule has 186 valence electrons. The Bertz CT molecular complexity index is 1110. The second kappa shape index (κ2) is 11.8. The third-order valence-electron chi connectivity index (χ3n) is 6.23. The molecule has 0 saturated carbocycles. The van der Waals surface area contributed by atoms with E-state index in [2.05, 4.69) is 20.6 Å². The molecule has 1 aromatic heterocycles. The number of aryl methyl sites for hydroxylation is 1. The fourth-order valence-electron chi connectivity index (χ4n) is 4.19. The van der Waals surface area contributed by atoms with Gasteiger partial charge in [-0.1, -0.05) is 12.1 Å². The number of aromatic nitrogens is 2. The number of piperidine rings is 1. The number of halogens is 1. The normalized spacial score (nSPS) is 14.6. The van der Waals surface area contributed by atoms with Crippen LogP contribution in [-0.4, -0.2) is 60.2 Å². The van der Waals surface area contributed by atoms with Crippen molar-refractivity contribution in [3.05, 3.63) is 66.1 Å². The minimum atomic E-state index is -0.349. The first-order valence-electron chi connectivity index (χ1n) is 11.8. The highest BCUT2D eigenvalue weighted by molar-refractivity contribution is 5.90. The molecule has 0 bridgehead atoms. The number of rotatable bonds is 9. The number of benzene rings is 2. The van der Waals surface area contributed by atoms with Crippen molar-refractivity contribution in [1.29, 1.82) is 0 Å². The summed E-state index contributed by atoms with van der Waals surface area (Å²) < 4.78 is 26.5. The van der Waals surface area contributed by atoms with E-state index in [1.54, 1.807) is 30.1 Å².